The minimum absolute atomic E-state index is 0.0130. The molecule has 0 heterocycles. The van der Waals surface area contributed by atoms with Gasteiger partial charge in [0.2, 0.25) is 0 Å². The van der Waals surface area contributed by atoms with Gasteiger partial charge in [0, 0.05) is 0 Å². The lowest BCUT2D eigenvalue weighted by Gasteiger charge is -2.10. The van der Waals surface area contributed by atoms with E-state index in [4.69, 9.17) is 4.74 Å². The fourth-order valence-corrected chi connectivity index (χ4v) is 1.56. The normalized spacial score (nSPS) is 11.4. The van der Waals surface area contributed by atoms with Gasteiger partial charge in [0.1, 0.15) is 18.2 Å². The molecule has 0 fully saturated rings. The zero-order valence-electron chi connectivity index (χ0n) is 9.75. The van der Waals surface area contributed by atoms with Crippen molar-refractivity contribution in [1.82, 2.24) is 0 Å². The summed E-state index contributed by atoms with van der Waals surface area (Å²) in [7, 11) is 0. The van der Waals surface area contributed by atoms with Crippen molar-refractivity contribution in [2.45, 2.75) is 12.8 Å². The van der Waals surface area contributed by atoms with E-state index in [9.17, 15) is 17.6 Å². The van der Waals surface area contributed by atoms with Crippen molar-refractivity contribution in [2.75, 3.05) is 0 Å². The van der Waals surface area contributed by atoms with E-state index in [0.29, 0.717) is 5.56 Å². The number of ether oxygens (including phenoxy) is 1. The summed E-state index contributed by atoms with van der Waals surface area (Å²) in [6.45, 7) is 0.0130. The largest absolute Gasteiger partial charge is 0.489 e. The number of hydrogen-bond acceptors (Lipinski definition) is 1. The quantitative estimate of drug-likeness (QED) is 0.750. The first kappa shape index (κ1) is 13.4. The van der Waals surface area contributed by atoms with Gasteiger partial charge in [0.05, 0.1) is 5.56 Å². The van der Waals surface area contributed by atoms with Gasteiger partial charge in [-0.1, -0.05) is 18.2 Å². The minimum Gasteiger partial charge on any atom is -0.489 e. The van der Waals surface area contributed by atoms with Crippen molar-refractivity contribution in [2.24, 2.45) is 0 Å². The molecule has 0 amide bonds. The van der Waals surface area contributed by atoms with Crippen LogP contribution in [0.2, 0.25) is 0 Å². The molecule has 0 saturated carbocycles. The first-order chi connectivity index (χ1) is 8.95. The zero-order valence-corrected chi connectivity index (χ0v) is 9.75. The highest BCUT2D eigenvalue weighted by Crippen LogP contribution is 2.31. The van der Waals surface area contributed by atoms with Crippen LogP contribution < -0.4 is 4.74 Å². The predicted molar refractivity (Wildman–Crippen MR) is 62.2 cm³/mol. The number of benzene rings is 2. The molecule has 0 N–H and O–H groups in total. The first-order valence-corrected chi connectivity index (χ1v) is 5.50. The maximum Gasteiger partial charge on any atom is 0.416 e. The summed E-state index contributed by atoms with van der Waals surface area (Å²) < 4.78 is 55.6. The van der Waals surface area contributed by atoms with Crippen molar-refractivity contribution in [1.29, 1.82) is 0 Å². The molecule has 2 rings (SSSR count). The van der Waals surface area contributed by atoms with E-state index in [1.807, 2.05) is 0 Å². The highest BCUT2D eigenvalue weighted by atomic mass is 19.4. The average molecular weight is 270 g/mol. The number of alkyl halides is 3. The summed E-state index contributed by atoms with van der Waals surface area (Å²) in [4.78, 5) is 0. The van der Waals surface area contributed by atoms with Gasteiger partial charge in [0.15, 0.2) is 0 Å². The molecular formula is C14H10F4O. The molecule has 0 atom stereocenters. The third kappa shape index (κ3) is 3.71. The van der Waals surface area contributed by atoms with E-state index >= 15 is 0 Å². The monoisotopic (exact) mass is 270 g/mol. The van der Waals surface area contributed by atoms with Crippen LogP contribution in [0.4, 0.5) is 17.6 Å². The fraction of sp³-hybridized carbons (Fsp3) is 0.143. The summed E-state index contributed by atoms with van der Waals surface area (Å²) in [5.41, 5.74) is -0.221. The van der Waals surface area contributed by atoms with Crippen molar-refractivity contribution >= 4 is 0 Å². The van der Waals surface area contributed by atoms with Gasteiger partial charge in [-0.3, -0.25) is 0 Å². The van der Waals surface area contributed by atoms with Gasteiger partial charge in [-0.25, -0.2) is 4.39 Å². The average Bonchev–Trinajstić information content (AvgIpc) is 2.36. The third-order valence-electron chi connectivity index (χ3n) is 2.46. The Balaban J connectivity index is 2.08. The molecular weight excluding hydrogens is 260 g/mol. The van der Waals surface area contributed by atoms with Crippen LogP contribution >= 0.6 is 0 Å². The van der Waals surface area contributed by atoms with Gasteiger partial charge < -0.3 is 4.74 Å². The standard InChI is InChI=1S/C14H10F4O/c15-12-5-1-3-10(7-12)9-19-13-6-2-4-11(8-13)14(16,17)18/h1-8H,9H2. The molecule has 0 aliphatic carbocycles. The molecule has 0 bridgehead atoms. The van der Waals surface area contributed by atoms with Crippen LogP contribution in [-0.2, 0) is 12.8 Å². The molecule has 0 spiro atoms. The summed E-state index contributed by atoms with van der Waals surface area (Å²) in [6, 6.07) is 10.3. The predicted octanol–water partition coefficient (Wildman–Crippen LogP) is 4.42. The molecule has 0 unspecified atom stereocenters. The summed E-state index contributed by atoms with van der Waals surface area (Å²) in [5.74, 6) is -0.316. The lowest BCUT2D eigenvalue weighted by atomic mass is 10.2. The second kappa shape index (κ2) is 5.30. The third-order valence-corrected chi connectivity index (χ3v) is 2.46. The Kier molecular flexibility index (Phi) is 3.74. The molecule has 0 radical (unpaired) electrons. The van der Waals surface area contributed by atoms with Crippen LogP contribution in [0, 0.1) is 5.82 Å². The minimum atomic E-state index is -4.40. The van der Waals surface area contributed by atoms with E-state index in [2.05, 4.69) is 0 Å². The van der Waals surface area contributed by atoms with Crippen molar-refractivity contribution < 1.29 is 22.3 Å². The molecule has 0 aliphatic heterocycles. The van der Waals surface area contributed by atoms with E-state index in [-0.39, 0.29) is 12.4 Å². The Morgan fingerprint density at radius 2 is 1.68 bits per heavy atom. The molecule has 0 aliphatic rings. The fourth-order valence-electron chi connectivity index (χ4n) is 1.56. The Morgan fingerprint density at radius 3 is 2.37 bits per heavy atom. The number of rotatable bonds is 3. The molecule has 19 heavy (non-hydrogen) atoms. The summed E-state index contributed by atoms with van der Waals surface area (Å²) >= 11 is 0. The second-order valence-electron chi connectivity index (χ2n) is 3.94. The van der Waals surface area contributed by atoms with E-state index < -0.39 is 17.6 Å². The van der Waals surface area contributed by atoms with E-state index in [0.717, 1.165) is 12.1 Å². The van der Waals surface area contributed by atoms with Gasteiger partial charge in [-0.2, -0.15) is 13.2 Å². The van der Waals surface area contributed by atoms with E-state index in [1.54, 1.807) is 6.07 Å². The number of hydrogen-bond donors (Lipinski definition) is 0. The van der Waals surface area contributed by atoms with Crippen molar-refractivity contribution in [3.63, 3.8) is 0 Å². The summed E-state index contributed by atoms with van der Waals surface area (Å²) in [6.07, 6.45) is -4.40. The SMILES string of the molecule is Fc1cccc(COc2cccc(C(F)(F)F)c2)c1. The van der Waals surface area contributed by atoms with Gasteiger partial charge in [0.25, 0.3) is 0 Å². The molecule has 1 nitrogen and oxygen atoms in total. The lowest BCUT2D eigenvalue weighted by molar-refractivity contribution is -0.137. The summed E-state index contributed by atoms with van der Waals surface area (Å²) in [5, 5.41) is 0. The van der Waals surface area contributed by atoms with Crippen molar-refractivity contribution in [3.05, 3.63) is 65.5 Å². The van der Waals surface area contributed by atoms with Crippen LogP contribution in [0.3, 0.4) is 0 Å². The Bertz CT molecular complexity index is 563. The molecule has 5 heteroatoms. The molecule has 0 saturated heterocycles. The highest BCUT2D eigenvalue weighted by molar-refractivity contribution is 5.30. The molecule has 2 aromatic carbocycles. The first-order valence-electron chi connectivity index (χ1n) is 5.50. The lowest BCUT2D eigenvalue weighted by Crippen LogP contribution is -2.05. The van der Waals surface area contributed by atoms with Crippen LogP contribution in [0.5, 0.6) is 5.75 Å². The van der Waals surface area contributed by atoms with Crippen LogP contribution in [0.1, 0.15) is 11.1 Å². The Labute approximate surface area is 107 Å². The smallest absolute Gasteiger partial charge is 0.416 e. The van der Waals surface area contributed by atoms with E-state index in [1.165, 1.54) is 30.3 Å². The Morgan fingerprint density at radius 1 is 0.947 bits per heavy atom. The van der Waals surface area contributed by atoms with Crippen LogP contribution in [0.25, 0.3) is 0 Å². The molecule has 2 aromatic rings. The van der Waals surface area contributed by atoms with Crippen molar-refractivity contribution in [3.8, 4) is 5.75 Å². The van der Waals surface area contributed by atoms with Crippen LogP contribution in [-0.4, -0.2) is 0 Å². The van der Waals surface area contributed by atoms with Gasteiger partial charge in [-0.15, -0.1) is 0 Å². The zero-order chi connectivity index (χ0) is 13.9. The molecule has 0 aromatic heterocycles. The number of halogens is 4. The van der Waals surface area contributed by atoms with Gasteiger partial charge >= 0.3 is 6.18 Å². The van der Waals surface area contributed by atoms with Gasteiger partial charge in [-0.05, 0) is 35.9 Å². The second-order valence-corrected chi connectivity index (χ2v) is 3.94. The Hall–Kier alpha value is -2.04. The topological polar surface area (TPSA) is 9.23 Å². The maximum atomic E-state index is 12.9. The highest BCUT2D eigenvalue weighted by Gasteiger charge is 2.30. The van der Waals surface area contributed by atoms with Crippen LogP contribution in [0.15, 0.2) is 48.5 Å². The maximum absolute atomic E-state index is 12.9. The molecule has 100 valence electrons.